The molecule has 7 N–H and O–H groups in total. The molecule has 0 amide bonds. The highest BCUT2D eigenvalue weighted by Crippen LogP contribution is 2.40. The Bertz CT molecular complexity index is 2640. The van der Waals surface area contributed by atoms with Gasteiger partial charge in [0.15, 0.2) is 23.7 Å². The quantitative estimate of drug-likeness (QED) is 0.0403. The maximum Gasteiger partial charge on any atom is 0.331 e. The fraction of sp³-hybridized carbons (Fsp3) is 0.275. The molecule has 0 spiro atoms. The van der Waals surface area contributed by atoms with Crippen LogP contribution in [0.2, 0.25) is 0 Å². The number of phenolic OH excluding ortho intramolecular Hbond substituents is 4. The topological polar surface area (TPSA) is 310 Å². The Kier molecular flexibility index (Phi) is 18.3. The number of aromatic hydroxyl groups is 4. The molecule has 9 atom stereocenters. The molecule has 2 saturated heterocycles. The highest BCUT2D eigenvalue weighted by atomic mass is 16.8. The van der Waals surface area contributed by atoms with Gasteiger partial charge in [0.1, 0.15) is 67.6 Å². The van der Waals surface area contributed by atoms with Crippen LogP contribution >= 0.6 is 0 Å². The van der Waals surface area contributed by atoms with E-state index in [0.29, 0.717) is 22.3 Å². The lowest BCUT2D eigenvalue weighted by Gasteiger charge is -2.44. The van der Waals surface area contributed by atoms with Crippen LogP contribution < -0.4 is 4.74 Å². The smallest absolute Gasteiger partial charge is 0.331 e. The zero-order chi connectivity index (χ0) is 52.0. The van der Waals surface area contributed by atoms with Gasteiger partial charge in [-0.1, -0.05) is 42.5 Å². The fourth-order valence-corrected chi connectivity index (χ4v) is 7.06. The lowest BCUT2D eigenvalue weighted by atomic mass is 9.98. The first kappa shape index (κ1) is 53.3. The Morgan fingerprint density at radius 3 is 1.53 bits per heavy atom. The van der Waals surface area contributed by atoms with Crippen LogP contribution in [0.1, 0.15) is 29.2 Å². The minimum Gasteiger partial charge on any atom is -0.508 e. The molecule has 4 aromatic carbocycles. The number of hydrogen-bond donors (Lipinski definition) is 7. The maximum atomic E-state index is 13.6. The molecule has 0 aliphatic carbocycles. The number of hydrogen-bond acceptors (Lipinski definition) is 21. The first-order valence-electron chi connectivity index (χ1n) is 21.8. The van der Waals surface area contributed by atoms with E-state index in [2.05, 4.69) is 0 Å². The molecule has 72 heavy (non-hydrogen) atoms. The van der Waals surface area contributed by atoms with Crippen molar-refractivity contribution in [3.05, 3.63) is 138 Å². The summed E-state index contributed by atoms with van der Waals surface area (Å²) in [6.45, 7) is -1.69. The predicted octanol–water partition coefficient (Wildman–Crippen LogP) is 3.06. The molecule has 0 aromatic heterocycles. The van der Waals surface area contributed by atoms with Crippen LogP contribution in [0, 0.1) is 0 Å². The van der Waals surface area contributed by atoms with Crippen molar-refractivity contribution in [2.24, 2.45) is 0 Å². The zero-order valence-electron chi connectivity index (χ0n) is 38.4. The summed E-state index contributed by atoms with van der Waals surface area (Å²) in [7, 11) is 1.33. The van der Waals surface area contributed by atoms with Gasteiger partial charge < -0.3 is 78.4 Å². The van der Waals surface area contributed by atoms with E-state index >= 15 is 0 Å². The van der Waals surface area contributed by atoms with Gasteiger partial charge in [-0.15, -0.1) is 0 Å². The molecule has 0 bridgehead atoms. The summed E-state index contributed by atoms with van der Waals surface area (Å²) in [6.07, 6.45) is -6.22. The summed E-state index contributed by atoms with van der Waals surface area (Å²) in [5, 5.41) is 73.4. The highest BCUT2D eigenvalue weighted by molar-refractivity contribution is 5.89. The SMILES string of the molecule is COc1cc(C=CC(=O)OC[C@H]2O[C@H](O[C@]3(COC(=O)C=Cc4ccc(O)cc4)O[C@H](COC(=O)C=Cc4ccc(O)cc4)[C@@H](O)[C@@H]3OC(=O)C=Cc3ccc(O)cc3)[C@H](OC(C)=O)[C@@H](O)[C@@H]2O)ccc1O. The number of aliphatic hydroxyl groups is 3. The van der Waals surface area contributed by atoms with Crippen LogP contribution in [0.15, 0.2) is 115 Å². The number of phenols is 4. The molecule has 2 aliphatic heterocycles. The summed E-state index contributed by atoms with van der Waals surface area (Å²) in [6, 6.07) is 21.4. The van der Waals surface area contributed by atoms with Crippen LogP contribution in [0.3, 0.4) is 0 Å². The van der Waals surface area contributed by atoms with Crippen molar-refractivity contribution >= 4 is 54.2 Å². The first-order valence-corrected chi connectivity index (χ1v) is 21.8. The van der Waals surface area contributed by atoms with Crippen LogP contribution in [0.25, 0.3) is 24.3 Å². The van der Waals surface area contributed by atoms with Gasteiger partial charge in [-0.2, -0.15) is 0 Å². The van der Waals surface area contributed by atoms with Gasteiger partial charge in [-0.25, -0.2) is 19.2 Å². The third kappa shape index (κ3) is 14.7. The summed E-state index contributed by atoms with van der Waals surface area (Å²) in [4.78, 5) is 65.3. The summed E-state index contributed by atoms with van der Waals surface area (Å²) in [5.41, 5.74) is 1.80. The number of rotatable bonds is 19. The number of ether oxygens (including phenoxy) is 9. The lowest BCUT2D eigenvalue weighted by Crippen LogP contribution is -2.64. The third-order valence-corrected chi connectivity index (χ3v) is 10.7. The molecule has 2 fully saturated rings. The van der Waals surface area contributed by atoms with Gasteiger partial charge in [0.25, 0.3) is 0 Å². The Morgan fingerprint density at radius 1 is 0.569 bits per heavy atom. The third-order valence-electron chi connectivity index (χ3n) is 10.7. The molecule has 6 rings (SSSR count). The molecule has 2 heterocycles. The summed E-state index contributed by atoms with van der Waals surface area (Å²) >= 11 is 0. The van der Waals surface area contributed by atoms with E-state index in [1.165, 1.54) is 122 Å². The molecule has 0 unspecified atom stereocenters. The van der Waals surface area contributed by atoms with Crippen LogP contribution in [-0.2, 0) is 61.9 Å². The Morgan fingerprint density at radius 2 is 1.03 bits per heavy atom. The first-order chi connectivity index (χ1) is 34.4. The van der Waals surface area contributed by atoms with Crippen molar-refractivity contribution in [2.75, 3.05) is 26.9 Å². The molecular formula is C51H50O21. The number of carbonyl (C=O) groups is 5. The van der Waals surface area contributed by atoms with Crippen molar-refractivity contribution < 1.29 is 102 Å². The van der Waals surface area contributed by atoms with Gasteiger partial charge in [-0.3, -0.25) is 4.79 Å². The van der Waals surface area contributed by atoms with Gasteiger partial charge in [0, 0.05) is 31.2 Å². The second-order valence-corrected chi connectivity index (χ2v) is 15.9. The second-order valence-electron chi connectivity index (χ2n) is 15.9. The van der Waals surface area contributed by atoms with Crippen LogP contribution in [-0.4, -0.2) is 147 Å². The number of aliphatic hydroxyl groups excluding tert-OH is 3. The number of methoxy groups -OCH3 is 1. The van der Waals surface area contributed by atoms with Gasteiger partial charge in [-0.05, 0) is 95.1 Å². The van der Waals surface area contributed by atoms with E-state index in [0.717, 1.165) is 31.2 Å². The molecule has 0 radical (unpaired) electrons. The normalized spacial score (nSPS) is 24.1. The molecule has 380 valence electrons. The summed E-state index contributed by atoms with van der Waals surface area (Å²) in [5.74, 6) is -8.06. The minimum atomic E-state index is -2.73. The monoisotopic (exact) mass is 998 g/mol. The van der Waals surface area contributed by atoms with Crippen molar-refractivity contribution in [2.45, 2.75) is 61.7 Å². The van der Waals surface area contributed by atoms with E-state index in [-0.39, 0.29) is 28.7 Å². The maximum absolute atomic E-state index is 13.6. The van der Waals surface area contributed by atoms with Crippen molar-refractivity contribution in [1.29, 1.82) is 0 Å². The lowest BCUT2D eigenvalue weighted by molar-refractivity contribution is -0.383. The molecular weight excluding hydrogens is 949 g/mol. The van der Waals surface area contributed by atoms with Crippen molar-refractivity contribution in [3.63, 3.8) is 0 Å². The Hall–Kier alpha value is -8.05. The van der Waals surface area contributed by atoms with Crippen molar-refractivity contribution in [1.82, 2.24) is 0 Å². The van der Waals surface area contributed by atoms with Crippen LogP contribution in [0.5, 0.6) is 28.7 Å². The van der Waals surface area contributed by atoms with E-state index in [1.54, 1.807) is 0 Å². The summed E-state index contributed by atoms with van der Waals surface area (Å²) < 4.78 is 50.9. The average Bonchev–Trinajstić information content (AvgIpc) is 3.61. The molecule has 0 saturated carbocycles. The number of esters is 5. The van der Waals surface area contributed by atoms with Crippen molar-refractivity contribution in [3.8, 4) is 28.7 Å². The van der Waals surface area contributed by atoms with E-state index in [9.17, 15) is 59.7 Å². The van der Waals surface area contributed by atoms with Crippen LogP contribution in [0.4, 0.5) is 0 Å². The van der Waals surface area contributed by atoms with Gasteiger partial charge in [0.2, 0.25) is 12.1 Å². The molecule has 2 aliphatic rings. The minimum absolute atomic E-state index is 0.0158. The van der Waals surface area contributed by atoms with Gasteiger partial charge >= 0.3 is 29.8 Å². The number of carbonyl (C=O) groups excluding carboxylic acids is 5. The Balaban J connectivity index is 1.32. The molecule has 21 heteroatoms. The second kappa shape index (κ2) is 24.7. The highest BCUT2D eigenvalue weighted by Gasteiger charge is 2.62. The zero-order valence-corrected chi connectivity index (χ0v) is 38.4. The fourth-order valence-electron chi connectivity index (χ4n) is 7.06. The predicted molar refractivity (Wildman–Crippen MR) is 249 cm³/mol. The standard InChI is InChI=1S/C51H50O21/c1-29(52)68-48-47(63)45(61)39(26-65-42(58)23-13-33-9-20-37(56)38(25-33)64-2)69-50(48)72-51(28-67-43(59)22-11-31-5-16-35(54)17-6-31)49(70-44(60)24-12-32-7-18-36(55)19-8-32)46(62)40(71-51)27-66-41(57)21-10-30-3-14-34(53)15-4-30/h3-25,39-40,45-50,53-56,61-63H,26-28H2,1-2H3/t39-,40-,45-,46-,47+,48-,49+,50-,51+/m1/s1. The van der Waals surface area contributed by atoms with E-state index in [4.69, 9.17) is 42.6 Å². The van der Waals surface area contributed by atoms with E-state index < -0.39 is 104 Å². The molecule has 4 aromatic rings. The largest absolute Gasteiger partial charge is 0.508 e. The number of benzene rings is 4. The van der Waals surface area contributed by atoms with Gasteiger partial charge in [0.05, 0.1) is 7.11 Å². The van der Waals surface area contributed by atoms with E-state index in [1.807, 2.05) is 0 Å². The molecule has 21 nitrogen and oxygen atoms in total. The average molecular weight is 999 g/mol. The Labute approximate surface area is 410 Å².